The Morgan fingerprint density at radius 3 is 2.11 bits per heavy atom. The normalized spacial score (nSPS) is 21.7. The molecule has 1 aliphatic heterocycles. The lowest BCUT2D eigenvalue weighted by Gasteiger charge is -2.39. The average molecular weight is 270 g/mol. The fourth-order valence-electron chi connectivity index (χ4n) is 2.26. The third kappa shape index (κ3) is 4.20. The molecule has 1 heterocycles. The minimum atomic E-state index is -0.737. The third-order valence-corrected chi connectivity index (χ3v) is 3.84. The van der Waals surface area contributed by atoms with E-state index in [-0.39, 0.29) is 17.5 Å². The number of piperidine rings is 1. The van der Waals surface area contributed by atoms with Gasteiger partial charge in [0.05, 0.1) is 11.5 Å². The van der Waals surface area contributed by atoms with Crippen LogP contribution in [-0.4, -0.2) is 46.6 Å². The van der Waals surface area contributed by atoms with Crippen LogP contribution in [0.5, 0.6) is 0 Å². The largest absolute Gasteiger partial charge is 0.481 e. The molecule has 5 heteroatoms. The Morgan fingerprint density at radius 1 is 1.26 bits per heavy atom. The molecule has 1 atom stereocenters. The predicted octanol–water partition coefficient (Wildman–Crippen LogP) is 1.48. The highest BCUT2D eigenvalue weighted by molar-refractivity contribution is 5.82. The number of likely N-dealkylation sites (tertiary alicyclic amines) is 1. The first-order valence-electron chi connectivity index (χ1n) is 6.85. The quantitative estimate of drug-likeness (QED) is 0.815. The van der Waals surface area contributed by atoms with Crippen molar-refractivity contribution in [2.75, 3.05) is 13.1 Å². The number of hydrogen-bond donors (Lipinski definition) is 2. The van der Waals surface area contributed by atoms with Crippen molar-refractivity contribution in [3.8, 4) is 0 Å². The molecule has 1 unspecified atom stereocenters. The van der Waals surface area contributed by atoms with Crippen molar-refractivity contribution in [3.05, 3.63) is 0 Å². The summed E-state index contributed by atoms with van der Waals surface area (Å²) in [5.74, 6) is -0.731. The van der Waals surface area contributed by atoms with Crippen LogP contribution in [0.3, 0.4) is 0 Å². The van der Waals surface area contributed by atoms with Gasteiger partial charge in [0.25, 0.3) is 0 Å². The van der Waals surface area contributed by atoms with Gasteiger partial charge in [0, 0.05) is 5.54 Å². The van der Waals surface area contributed by atoms with Gasteiger partial charge in [0.1, 0.15) is 0 Å². The molecule has 2 N–H and O–H groups in total. The highest BCUT2D eigenvalue weighted by atomic mass is 16.4. The molecule has 0 bridgehead atoms. The van der Waals surface area contributed by atoms with E-state index >= 15 is 0 Å². The van der Waals surface area contributed by atoms with E-state index in [1.165, 1.54) is 0 Å². The Kier molecular flexibility index (Phi) is 4.61. The van der Waals surface area contributed by atoms with Crippen molar-refractivity contribution in [1.29, 1.82) is 0 Å². The maximum Gasteiger partial charge on any atom is 0.309 e. The second-order valence-electron chi connectivity index (χ2n) is 6.82. The van der Waals surface area contributed by atoms with E-state index in [4.69, 9.17) is 0 Å². The predicted molar refractivity (Wildman–Crippen MR) is 73.9 cm³/mol. The summed E-state index contributed by atoms with van der Waals surface area (Å²) < 4.78 is 0. The van der Waals surface area contributed by atoms with Gasteiger partial charge in [-0.1, -0.05) is 0 Å². The SMILES string of the molecule is CC(C(=O)NC(C)(C)C)N1CCC(C)(C(=O)O)CC1. The summed E-state index contributed by atoms with van der Waals surface area (Å²) in [6.07, 6.45) is 1.19. The van der Waals surface area contributed by atoms with Gasteiger partial charge in [0.15, 0.2) is 0 Å². The minimum Gasteiger partial charge on any atom is -0.481 e. The van der Waals surface area contributed by atoms with Crippen LogP contribution >= 0.6 is 0 Å². The smallest absolute Gasteiger partial charge is 0.309 e. The van der Waals surface area contributed by atoms with Gasteiger partial charge in [-0.3, -0.25) is 14.5 Å². The summed E-state index contributed by atoms with van der Waals surface area (Å²) in [6, 6.07) is -0.211. The van der Waals surface area contributed by atoms with Crippen molar-refractivity contribution < 1.29 is 14.7 Å². The molecular formula is C14H26N2O3. The first kappa shape index (κ1) is 16.0. The molecule has 1 amide bonds. The van der Waals surface area contributed by atoms with E-state index in [1.54, 1.807) is 6.92 Å². The number of aliphatic carboxylic acids is 1. The molecule has 0 aromatic rings. The maximum atomic E-state index is 12.1. The number of carbonyl (C=O) groups is 2. The number of carbonyl (C=O) groups excluding carboxylic acids is 1. The van der Waals surface area contributed by atoms with Crippen LogP contribution in [0.15, 0.2) is 0 Å². The lowest BCUT2D eigenvalue weighted by atomic mass is 9.80. The van der Waals surface area contributed by atoms with Crippen LogP contribution in [0.4, 0.5) is 0 Å². The van der Waals surface area contributed by atoms with Crippen LogP contribution in [0.25, 0.3) is 0 Å². The second-order valence-corrected chi connectivity index (χ2v) is 6.82. The van der Waals surface area contributed by atoms with E-state index in [2.05, 4.69) is 10.2 Å². The molecule has 0 spiro atoms. The van der Waals surface area contributed by atoms with Crippen molar-refractivity contribution >= 4 is 11.9 Å². The van der Waals surface area contributed by atoms with Gasteiger partial charge in [-0.15, -0.1) is 0 Å². The zero-order valence-electron chi connectivity index (χ0n) is 12.6. The van der Waals surface area contributed by atoms with Crippen LogP contribution in [-0.2, 0) is 9.59 Å². The molecule has 110 valence electrons. The van der Waals surface area contributed by atoms with E-state index in [1.807, 2.05) is 27.7 Å². The molecule has 19 heavy (non-hydrogen) atoms. The summed E-state index contributed by atoms with van der Waals surface area (Å²) >= 11 is 0. The summed E-state index contributed by atoms with van der Waals surface area (Å²) in [4.78, 5) is 25.3. The zero-order chi connectivity index (χ0) is 14.8. The van der Waals surface area contributed by atoms with E-state index in [9.17, 15) is 14.7 Å². The van der Waals surface area contributed by atoms with Crippen molar-refractivity contribution in [1.82, 2.24) is 10.2 Å². The molecule has 5 nitrogen and oxygen atoms in total. The fourth-order valence-corrected chi connectivity index (χ4v) is 2.26. The van der Waals surface area contributed by atoms with Gasteiger partial charge < -0.3 is 10.4 Å². The van der Waals surface area contributed by atoms with Gasteiger partial charge in [-0.05, 0) is 60.5 Å². The molecule has 1 aliphatic rings. The van der Waals surface area contributed by atoms with Crippen LogP contribution in [0, 0.1) is 5.41 Å². The Labute approximate surface area is 115 Å². The van der Waals surface area contributed by atoms with Gasteiger partial charge >= 0.3 is 5.97 Å². The molecular weight excluding hydrogens is 244 g/mol. The Bertz CT molecular complexity index is 352. The van der Waals surface area contributed by atoms with E-state index < -0.39 is 11.4 Å². The number of carboxylic acids is 1. The summed E-state index contributed by atoms with van der Waals surface area (Å²) in [5, 5.41) is 12.1. The molecule has 0 aliphatic carbocycles. The molecule has 1 rings (SSSR count). The molecule has 0 aromatic carbocycles. The standard InChI is InChI=1S/C14H26N2O3/c1-10(11(17)15-13(2,3)4)16-8-6-14(5,7-9-16)12(18)19/h10H,6-9H2,1-5H3,(H,15,17)(H,18,19). The van der Waals surface area contributed by atoms with Crippen LogP contribution in [0.1, 0.15) is 47.5 Å². The summed E-state index contributed by atoms with van der Waals surface area (Å²) in [5.41, 5.74) is -0.882. The summed E-state index contributed by atoms with van der Waals surface area (Å²) in [7, 11) is 0. The molecule has 1 saturated heterocycles. The lowest BCUT2D eigenvalue weighted by molar-refractivity contribution is -0.151. The first-order valence-corrected chi connectivity index (χ1v) is 6.85. The minimum absolute atomic E-state index is 0.00595. The average Bonchev–Trinajstić information content (AvgIpc) is 2.26. The van der Waals surface area contributed by atoms with E-state index in [0.29, 0.717) is 25.9 Å². The molecule has 0 aromatic heterocycles. The number of amides is 1. The van der Waals surface area contributed by atoms with Crippen LogP contribution in [0.2, 0.25) is 0 Å². The van der Waals surface area contributed by atoms with Crippen molar-refractivity contribution in [2.24, 2.45) is 5.41 Å². The van der Waals surface area contributed by atoms with Crippen molar-refractivity contribution in [2.45, 2.75) is 59.0 Å². The third-order valence-electron chi connectivity index (χ3n) is 3.84. The monoisotopic (exact) mass is 270 g/mol. The second kappa shape index (κ2) is 5.49. The topological polar surface area (TPSA) is 69.6 Å². The van der Waals surface area contributed by atoms with E-state index in [0.717, 1.165) is 0 Å². The lowest BCUT2D eigenvalue weighted by Crippen LogP contribution is -2.54. The molecule has 0 radical (unpaired) electrons. The maximum absolute atomic E-state index is 12.1. The fraction of sp³-hybridized carbons (Fsp3) is 0.857. The zero-order valence-corrected chi connectivity index (χ0v) is 12.6. The molecule has 1 fully saturated rings. The highest BCUT2D eigenvalue weighted by Crippen LogP contribution is 2.31. The van der Waals surface area contributed by atoms with Gasteiger partial charge in [0.2, 0.25) is 5.91 Å². The Hall–Kier alpha value is -1.10. The number of nitrogens with one attached hydrogen (secondary N) is 1. The van der Waals surface area contributed by atoms with Gasteiger partial charge in [-0.25, -0.2) is 0 Å². The Balaban J connectivity index is 2.56. The number of carboxylic acid groups (broad SMARTS) is 1. The highest BCUT2D eigenvalue weighted by Gasteiger charge is 2.39. The first-order chi connectivity index (χ1) is 8.55. The number of nitrogens with zero attached hydrogens (tertiary/aromatic N) is 1. The molecule has 0 saturated carbocycles. The summed E-state index contributed by atoms with van der Waals surface area (Å²) in [6.45, 7) is 10.8. The Morgan fingerprint density at radius 2 is 1.74 bits per heavy atom. The number of rotatable bonds is 3. The van der Waals surface area contributed by atoms with Gasteiger partial charge in [-0.2, -0.15) is 0 Å². The van der Waals surface area contributed by atoms with Crippen molar-refractivity contribution in [3.63, 3.8) is 0 Å². The number of hydrogen-bond acceptors (Lipinski definition) is 3. The van der Waals surface area contributed by atoms with Crippen LogP contribution < -0.4 is 5.32 Å².